The lowest BCUT2D eigenvalue weighted by atomic mass is 10.1. The number of rotatable bonds is 6. The van der Waals surface area contributed by atoms with Gasteiger partial charge in [-0.3, -0.25) is 4.79 Å². The number of para-hydroxylation sites is 1. The van der Waals surface area contributed by atoms with Crippen LogP contribution in [0.1, 0.15) is 20.8 Å². The molecular weight excluding hydrogens is 358 g/mol. The Hall–Kier alpha value is -3.55. The average molecular weight is 372 g/mol. The third kappa shape index (κ3) is 4.00. The summed E-state index contributed by atoms with van der Waals surface area (Å²) in [4.78, 5) is 24.3. The summed E-state index contributed by atoms with van der Waals surface area (Å²) in [5, 5.41) is 4.12. The van der Waals surface area contributed by atoms with Gasteiger partial charge in [-0.2, -0.15) is 5.10 Å². The first-order valence-electron chi connectivity index (χ1n) is 7.84. The molecule has 0 spiro atoms. The van der Waals surface area contributed by atoms with Crippen molar-refractivity contribution in [1.82, 2.24) is 9.78 Å². The minimum atomic E-state index is -1.16. The molecule has 0 unspecified atom stereocenters. The molecule has 8 heteroatoms. The molecule has 0 aliphatic rings. The van der Waals surface area contributed by atoms with Gasteiger partial charge in [0.15, 0.2) is 29.8 Å². The van der Waals surface area contributed by atoms with Crippen LogP contribution in [0, 0.1) is 11.6 Å². The number of nitrogens with zero attached hydrogens (tertiary/aromatic N) is 2. The Morgan fingerprint density at radius 2 is 1.81 bits per heavy atom. The summed E-state index contributed by atoms with van der Waals surface area (Å²) in [6, 6.07) is 11.7. The Balaban J connectivity index is 1.73. The van der Waals surface area contributed by atoms with Crippen molar-refractivity contribution in [3.05, 3.63) is 77.6 Å². The summed E-state index contributed by atoms with van der Waals surface area (Å²) >= 11 is 0. The predicted molar refractivity (Wildman–Crippen MR) is 91.1 cm³/mol. The lowest BCUT2D eigenvalue weighted by Crippen LogP contribution is -2.15. The van der Waals surface area contributed by atoms with Crippen molar-refractivity contribution < 1.29 is 27.8 Å². The van der Waals surface area contributed by atoms with E-state index in [-0.39, 0.29) is 17.0 Å². The molecule has 1 aromatic heterocycles. The third-order valence-corrected chi connectivity index (χ3v) is 3.69. The highest BCUT2D eigenvalue weighted by Crippen LogP contribution is 2.20. The van der Waals surface area contributed by atoms with Gasteiger partial charge < -0.3 is 9.47 Å². The lowest BCUT2D eigenvalue weighted by molar-refractivity contribution is 0.0465. The zero-order valence-electron chi connectivity index (χ0n) is 14.2. The summed E-state index contributed by atoms with van der Waals surface area (Å²) in [6.07, 6.45) is 1.50. The zero-order valence-corrected chi connectivity index (χ0v) is 14.2. The van der Waals surface area contributed by atoms with Crippen LogP contribution in [0.5, 0.6) is 5.75 Å². The maximum absolute atomic E-state index is 13.2. The molecular formula is C19H14F2N2O4. The third-order valence-electron chi connectivity index (χ3n) is 3.69. The molecule has 0 aliphatic heterocycles. The number of hydrogen-bond donors (Lipinski definition) is 0. The minimum absolute atomic E-state index is 0.108. The van der Waals surface area contributed by atoms with E-state index < -0.39 is 30.0 Å². The van der Waals surface area contributed by atoms with E-state index in [1.807, 2.05) is 18.2 Å². The first kappa shape index (κ1) is 18.2. The van der Waals surface area contributed by atoms with E-state index in [0.29, 0.717) is 5.69 Å². The molecule has 3 aromatic rings. The fraction of sp³-hybridized carbons (Fsp3) is 0.105. The molecule has 0 N–H and O–H groups in total. The van der Waals surface area contributed by atoms with Crippen molar-refractivity contribution in [3.8, 4) is 11.4 Å². The van der Waals surface area contributed by atoms with E-state index in [1.54, 1.807) is 12.1 Å². The lowest BCUT2D eigenvalue weighted by Gasteiger charge is -2.04. The highest BCUT2D eigenvalue weighted by molar-refractivity contribution is 5.99. The number of methoxy groups -OCH3 is 1. The van der Waals surface area contributed by atoms with Crippen molar-refractivity contribution in [3.63, 3.8) is 0 Å². The molecule has 6 nitrogen and oxygen atoms in total. The van der Waals surface area contributed by atoms with Crippen LogP contribution in [-0.2, 0) is 4.74 Å². The standard InChI is InChI=1S/C19H14F2N2O4/c1-26-17-10-23(13-5-3-2-4-6-13)22-18(17)19(25)27-11-16(24)12-7-8-14(20)15(21)9-12/h2-10H,11H2,1H3. The van der Waals surface area contributed by atoms with Gasteiger partial charge in [0.25, 0.3) is 0 Å². The molecule has 27 heavy (non-hydrogen) atoms. The van der Waals surface area contributed by atoms with Crippen LogP contribution in [0.4, 0.5) is 8.78 Å². The number of hydrogen-bond acceptors (Lipinski definition) is 5. The Bertz CT molecular complexity index is 987. The highest BCUT2D eigenvalue weighted by atomic mass is 19.2. The van der Waals surface area contributed by atoms with Crippen molar-refractivity contribution in [2.75, 3.05) is 13.7 Å². The van der Waals surface area contributed by atoms with Gasteiger partial charge in [0.1, 0.15) is 0 Å². The summed E-state index contributed by atoms with van der Waals surface area (Å²) in [6.45, 7) is -0.648. The first-order chi connectivity index (χ1) is 13.0. The Labute approximate surface area is 152 Å². The molecule has 3 rings (SSSR count). The van der Waals surface area contributed by atoms with Crippen LogP contribution in [0.3, 0.4) is 0 Å². The van der Waals surface area contributed by atoms with Gasteiger partial charge in [0, 0.05) is 5.56 Å². The van der Waals surface area contributed by atoms with Gasteiger partial charge in [-0.25, -0.2) is 18.3 Å². The van der Waals surface area contributed by atoms with Gasteiger partial charge in [-0.15, -0.1) is 0 Å². The Morgan fingerprint density at radius 1 is 1.07 bits per heavy atom. The van der Waals surface area contributed by atoms with E-state index in [4.69, 9.17) is 9.47 Å². The number of esters is 1. The molecule has 0 radical (unpaired) electrons. The number of aromatic nitrogens is 2. The second-order valence-corrected chi connectivity index (χ2v) is 5.45. The largest absolute Gasteiger partial charge is 0.493 e. The summed E-state index contributed by atoms with van der Waals surface area (Å²) < 4.78 is 37.6. The van der Waals surface area contributed by atoms with E-state index >= 15 is 0 Å². The smallest absolute Gasteiger partial charge is 0.363 e. The summed E-state index contributed by atoms with van der Waals surface area (Å²) in [5.74, 6) is -3.61. The number of benzene rings is 2. The second-order valence-electron chi connectivity index (χ2n) is 5.45. The molecule has 2 aromatic carbocycles. The molecule has 0 saturated heterocycles. The maximum Gasteiger partial charge on any atom is 0.363 e. The fourth-order valence-electron chi connectivity index (χ4n) is 2.31. The molecule has 0 atom stereocenters. The van der Waals surface area contributed by atoms with Crippen LogP contribution in [-0.4, -0.2) is 35.2 Å². The number of ether oxygens (including phenoxy) is 2. The quantitative estimate of drug-likeness (QED) is 0.491. The number of Topliss-reactive ketones (excluding diaryl/α,β-unsaturated/α-hetero) is 1. The van der Waals surface area contributed by atoms with E-state index in [0.717, 1.165) is 18.2 Å². The zero-order chi connectivity index (χ0) is 19.4. The van der Waals surface area contributed by atoms with Gasteiger partial charge >= 0.3 is 5.97 Å². The molecule has 0 saturated carbocycles. The minimum Gasteiger partial charge on any atom is -0.493 e. The molecule has 0 fully saturated rings. The van der Waals surface area contributed by atoms with Gasteiger partial charge in [-0.1, -0.05) is 18.2 Å². The SMILES string of the molecule is COc1cn(-c2ccccc2)nc1C(=O)OCC(=O)c1ccc(F)c(F)c1. The first-order valence-corrected chi connectivity index (χ1v) is 7.84. The van der Waals surface area contributed by atoms with Crippen molar-refractivity contribution in [1.29, 1.82) is 0 Å². The van der Waals surface area contributed by atoms with Crippen molar-refractivity contribution in [2.45, 2.75) is 0 Å². The van der Waals surface area contributed by atoms with Crippen LogP contribution in [0.15, 0.2) is 54.7 Å². The van der Waals surface area contributed by atoms with Crippen LogP contribution in [0.25, 0.3) is 5.69 Å². The van der Waals surface area contributed by atoms with Crippen molar-refractivity contribution in [2.24, 2.45) is 0 Å². The average Bonchev–Trinajstić information content (AvgIpc) is 3.13. The molecule has 0 bridgehead atoms. The van der Waals surface area contributed by atoms with E-state index in [1.165, 1.54) is 18.0 Å². The van der Waals surface area contributed by atoms with Crippen LogP contribution >= 0.6 is 0 Å². The number of halogens is 2. The molecule has 138 valence electrons. The van der Waals surface area contributed by atoms with Gasteiger partial charge in [-0.05, 0) is 30.3 Å². The Kier molecular flexibility index (Phi) is 5.25. The van der Waals surface area contributed by atoms with Gasteiger partial charge in [0.2, 0.25) is 5.69 Å². The number of carbonyl (C=O) groups is 2. The molecule has 0 amide bonds. The van der Waals surface area contributed by atoms with E-state index in [9.17, 15) is 18.4 Å². The predicted octanol–water partition coefficient (Wildman–Crippen LogP) is 3.20. The topological polar surface area (TPSA) is 70.4 Å². The van der Waals surface area contributed by atoms with E-state index in [2.05, 4.69) is 5.10 Å². The Morgan fingerprint density at radius 3 is 2.48 bits per heavy atom. The fourth-order valence-corrected chi connectivity index (χ4v) is 2.31. The molecule has 1 heterocycles. The second kappa shape index (κ2) is 7.77. The highest BCUT2D eigenvalue weighted by Gasteiger charge is 2.21. The number of carbonyl (C=O) groups excluding carboxylic acids is 2. The van der Waals surface area contributed by atoms with Crippen molar-refractivity contribution >= 4 is 11.8 Å². The summed E-state index contributed by atoms with van der Waals surface area (Å²) in [7, 11) is 1.37. The normalized spacial score (nSPS) is 10.5. The summed E-state index contributed by atoms with van der Waals surface area (Å²) in [5.41, 5.74) is 0.482. The van der Waals surface area contributed by atoms with Crippen LogP contribution < -0.4 is 4.74 Å². The van der Waals surface area contributed by atoms with Gasteiger partial charge in [0.05, 0.1) is 19.0 Å². The molecule has 0 aliphatic carbocycles. The maximum atomic E-state index is 13.2. The monoisotopic (exact) mass is 372 g/mol. The number of ketones is 1. The van der Waals surface area contributed by atoms with Crippen LogP contribution in [0.2, 0.25) is 0 Å².